The molecule has 1 aromatic rings. The highest BCUT2D eigenvalue weighted by Gasteiger charge is 2.30. The SMILES string of the molecule is CSC1(CNCc2ccc(I)cc2)CCCCC1. The van der Waals surface area contributed by atoms with Crippen LogP contribution in [0.25, 0.3) is 0 Å². The van der Waals surface area contributed by atoms with Gasteiger partial charge in [0.1, 0.15) is 0 Å². The third-order valence-corrected chi connectivity index (χ3v) is 6.03. The van der Waals surface area contributed by atoms with Crippen molar-refractivity contribution in [3.8, 4) is 0 Å². The summed E-state index contributed by atoms with van der Waals surface area (Å²) in [5, 5.41) is 3.66. The van der Waals surface area contributed by atoms with Crippen LogP contribution in [0.4, 0.5) is 0 Å². The maximum Gasteiger partial charge on any atom is 0.0281 e. The summed E-state index contributed by atoms with van der Waals surface area (Å²) in [6, 6.07) is 8.81. The molecule has 18 heavy (non-hydrogen) atoms. The molecule has 1 aromatic carbocycles. The molecule has 1 aliphatic carbocycles. The third-order valence-electron chi connectivity index (χ3n) is 3.89. The molecular formula is C15H22INS. The Hall–Kier alpha value is 0.260. The van der Waals surface area contributed by atoms with Gasteiger partial charge in [0.05, 0.1) is 0 Å². The van der Waals surface area contributed by atoms with Crippen LogP contribution in [0.5, 0.6) is 0 Å². The minimum Gasteiger partial charge on any atom is -0.311 e. The molecule has 1 fully saturated rings. The number of thioether (sulfide) groups is 1. The average molecular weight is 375 g/mol. The van der Waals surface area contributed by atoms with Gasteiger partial charge in [-0.1, -0.05) is 31.4 Å². The van der Waals surface area contributed by atoms with Crippen LogP contribution in [0.15, 0.2) is 24.3 Å². The van der Waals surface area contributed by atoms with E-state index in [9.17, 15) is 0 Å². The summed E-state index contributed by atoms with van der Waals surface area (Å²) in [4.78, 5) is 0. The summed E-state index contributed by atoms with van der Waals surface area (Å²) in [7, 11) is 0. The molecule has 2 rings (SSSR count). The van der Waals surface area contributed by atoms with Gasteiger partial charge >= 0.3 is 0 Å². The standard InChI is InChI=1S/C15H22INS/c1-18-15(9-3-2-4-10-15)12-17-11-13-5-7-14(16)8-6-13/h5-8,17H,2-4,9-12H2,1H3. The van der Waals surface area contributed by atoms with Crippen LogP contribution in [0, 0.1) is 3.57 Å². The molecule has 0 amide bonds. The molecule has 0 heterocycles. The van der Waals surface area contributed by atoms with E-state index in [0.717, 1.165) is 13.1 Å². The van der Waals surface area contributed by atoms with Crippen molar-refractivity contribution in [2.24, 2.45) is 0 Å². The highest BCUT2D eigenvalue weighted by atomic mass is 127. The van der Waals surface area contributed by atoms with Crippen LogP contribution in [-0.4, -0.2) is 17.5 Å². The molecule has 0 radical (unpaired) electrons. The summed E-state index contributed by atoms with van der Waals surface area (Å²) in [5.74, 6) is 0. The van der Waals surface area contributed by atoms with E-state index in [4.69, 9.17) is 0 Å². The molecular weight excluding hydrogens is 353 g/mol. The van der Waals surface area contributed by atoms with Crippen LogP contribution in [0.2, 0.25) is 0 Å². The molecule has 0 spiro atoms. The van der Waals surface area contributed by atoms with E-state index < -0.39 is 0 Å². The molecule has 0 atom stereocenters. The fourth-order valence-corrected chi connectivity index (χ4v) is 3.99. The van der Waals surface area contributed by atoms with Crippen molar-refractivity contribution in [2.75, 3.05) is 12.8 Å². The molecule has 1 saturated carbocycles. The molecule has 1 nitrogen and oxygen atoms in total. The monoisotopic (exact) mass is 375 g/mol. The van der Waals surface area contributed by atoms with E-state index in [1.807, 2.05) is 0 Å². The fourth-order valence-electron chi connectivity index (χ4n) is 2.69. The van der Waals surface area contributed by atoms with E-state index in [0.29, 0.717) is 4.75 Å². The maximum atomic E-state index is 3.66. The largest absolute Gasteiger partial charge is 0.311 e. The summed E-state index contributed by atoms with van der Waals surface area (Å²) >= 11 is 4.42. The Morgan fingerprint density at radius 1 is 1.17 bits per heavy atom. The van der Waals surface area contributed by atoms with Crippen molar-refractivity contribution in [1.29, 1.82) is 0 Å². The van der Waals surface area contributed by atoms with Crippen molar-refractivity contribution in [2.45, 2.75) is 43.4 Å². The number of benzene rings is 1. The lowest BCUT2D eigenvalue weighted by atomic mass is 9.88. The fraction of sp³-hybridized carbons (Fsp3) is 0.600. The smallest absolute Gasteiger partial charge is 0.0281 e. The van der Waals surface area contributed by atoms with Crippen LogP contribution in [0.3, 0.4) is 0 Å². The summed E-state index contributed by atoms with van der Waals surface area (Å²) in [5.41, 5.74) is 1.39. The van der Waals surface area contributed by atoms with Crippen molar-refractivity contribution in [1.82, 2.24) is 5.32 Å². The summed E-state index contributed by atoms with van der Waals surface area (Å²) in [6.45, 7) is 2.15. The van der Waals surface area contributed by atoms with E-state index >= 15 is 0 Å². The van der Waals surface area contributed by atoms with Crippen molar-refractivity contribution < 1.29 is 0 Å². The second kappa shape index (κ2) is 7.15. The molecule has 0 saturated heterocycles. The molecule has 1 aliphatic rings. The Morgan fingerprint density at radius 2 is 1.83 bits per heavy atom. The zero-order chi connectivity index (χ0) is 12.8. The van der Waals surface area contributed by atoms with Crippen molar-refractivity contribution in [3.05, 3.63) is 33.4 Å². The highest BCUT2D eigenvalue weighted by molar-refractivity contribution is 14.1. The second-order valence-corrected chi connectivity index (χ2v) is 7.70. The lowest BCUT2D eigenvalue weighted by Crippen LogP contribution is -2.39. The van der Waals surface area contributed by atoms with E-state index in [1.165, 1.54) is 41.2 Å². The first-order chi connectivity index (χ1) is 8.74. The van der Waals surface area contributed by atoms with Crippen molar-refractivity contribution in [3.63, 3.8) is 0 Å². The molecule has 0 unspecified atom stereocenters. The molecule has 1 N–H and O–H groups in total. The number of hydrogen-bond donors (Lipinski definition) is 1. The first-order valence-electron chi connectivity index (χ1n) is 6.74. The lowest BCUT2D eigenvalue weighted by Gasteiger charge is -2.36. The van der Waals surface area contributed by atoms with Gasteiger partial charge in [-0.2, -0.15) is 11.8 Å². The topological polar surface area (TPSA) is 12.0 Å². The van der Waals surface area contributed by atoms with Crippen LogP contribution in [0.1, 0.15) is 37.7 Å². The Labute approximate surface area is 129 Å². The Kier molecular flexibility index (Phi) is 5.83. The van der Waals surface area contributed by atoms with Gasteiger partial charge in [0, 0.05) is 21.4 Å². The van der Waals surface area contributed by atoms with Gasteiger partial charge < -0.3 is 5.32 Å². The molecule has 0 bridgehead atoms. The van der Waals surface area contributed by atoms with E-state index in [2.05, 4.69) is 70.2 Å². The molecule has 0 aliphatic heterocycles. The Balaban J connectivity index is 1.81. The van der Waals surface area contributed by atoms with Gasteiger partial charge in [0.15, 0.2) is 0 Å². The highest BCUT2D eigenvalue weighted by Crippen LogP contribution is 2.37. The number of nitrogens with one attached hydrogen (secondary N) is 1. The lowest BCUT2D eigenvalue weighted by molar-refractivity contribution is 0.379. The first kappa shape index (κ1) is 14.7. The number of hydrogen-bond acceptors (Lipinski definition) is 2. The van der Waals surface area contributed by atoms with Crippen LogP contribution >= 0.6 is 34.4 Å². The van der Waals surface area contributed by atoms with Gasteiger partial charge in [0.25, 0.3) is 0 Å². The van der Waals surface area contributed by atoms with Crippen LogP contribution < -0.4 is 5.32 Å². The third kappa shape index (κ3) is 4.14. The van der Waals surface area contributed by atoms with Gasteiger partial charge in [-0.25, -0.2) is 0 Å². The number of halogens is 1. The van der Waals surface area contributed by atoms with E-state index in [1.54, 1.807) is 0 Å². The maximum absolute atomic E-state index is 3.66. The molecule has 3 heteroatoms. The predicted molar refractivity (Wildman–Crippen MR) is 90.2 cm³/mol. The average Bonchev–Trinajstić information content (AvgIpc) is 2.42. The van der Waals surface area contributed by atoms with Crippen molar-refractivity contribution >= 4 is 34.4 Å². The summed E-state index contributed by atoms with van der Waals surface area (Å²) < 4.78 is 1.81. The zero-order valence-electron chi connectivity index (χ0n) is 11.0. The predicted octanol–water partition coefficient (Wildman–Crippen LogP) is 4.45. The molecule has 100 valence electrons. The van der Waals surface area contributed by atoms with Gasteiger partial charge in [-0.3, -0.25) is 0 Å². The van der Waals surface area contributed by atoms with Gasteiger partial charge in [-0.05, 0) is 59.4 Å². The normalized spacial score (nSPS) is 18.8. The minimum atomic E-state index is 0.501. The van der Waals surface area contributed by atoms with E-state index in [-0.39, 0.29) is 0 Å². The first-order valence-corrected chi connectivity index (χ1v) is 9.05. The molecule has 0 aromatic heterocycles. The summed E-state index contributed by atoms with van der Waals surface area (Å²) in [6.07, 6.45) is 9.29. The minimum absolute atomic E-state index is 0.501. The van der Waals surface area contributed by atoms with Crippen LogP contribution in [-0.2, 0) is 6.54 Å². The second-order valence-electron chi connectivity index (χ2n) is 5.18. The van der Waals surface area contributed by atoms with Gasteiger partial charge in [0.2, 0.25) is 0 Å². The van der Waals surface area contributed by atoms with Gasteiger partial charge in [-0.15, -0.1) is 0 Å². The zero-order valence-corrected chi connectivity index (χ0v) is 14.0. The Bertz CT molecular complexity index is 357. The number of rotatable bonds is 5. The Morgan fingerprint density at radius 3 is 2.44 bits per heavy atom. The quantitative estimate of drug-likeness (QED) is 0.764.